The smallest absolute Gasteiger partial charge is 0.416 e. The van der Waals surface area contributed by atoms with Crippen molar-refractivity contribution in [2.24, 2.45) is 0 Å². The second kappa shape index (κ2) is 7.75. The molecule has 0 saturated heterocycles. The molecule has 1 aromatic rings. The van der Waals surface area contributed by atoms with E-state index >= 15 is 0 Å². The van der Waals surface area contributed by atoms with Crippen LogP contribution in [0.25, 0.3) is 0 Å². The van der Waals surface area contributed by atoms with Crippen LogP contribution in [-0.4, -0.2) is 23.0 Å². The predicted octanol–water partition coefficient (Wildman–Crippen LogP) is 4.10. The van der Waals surface area contributed by atoms with Crippen LogP contribution in [0.4, 0.5) is 26.3 Å². The van der Waals surface area contributed by atoms with Crippen LogP contribution in [0.1, 0.15) is 47.7 Å². The van der Waals surface area contributed by atoms with Gasteiger partial charge in [0, 0.05) is 5.56 Å². The Hall–Kier alpha value is -2.26. The van der Waals surface area contributed by atoms with Crippen molar-refractivity contribution in [3.8, 4) is 0 Å². The zero-order valence-corrected chi connectivity index (χ0v) is 13.0. The molecule has 0 spiro atoms. The van der Waals surface area contributed by atoms with Gasteiger partial charge in [-0.2, -0.15) is 26.3 Å². The molecular weight excluding hydrogens is 356 g/mol. The van der Waals surface area contributed by atoms with E-state index in [1.165, 1.54) is 0 Å². The number of hydrogen-bond donors (Lipinski definition) is 2. The van der Waals surface area contributed by atoms with Gasteiger partial charge in [-0.05, 0) is 24.6 Å². The van der Waals surface area contributed by atoms with Gasteiger partial charge in [0.05, 0.1) is 11.1 Å². The standard InChI is InChI=1S/C15H15F6NO3/c1-2-3-4-11(13(24)25)22-12(23)8-5-9(14(16,17)18)7-10(6-8)15(19,20)21/h5-7,11H,2-4H2,1H3,(H,22,23)(H,24,25). The summed E-state index contributed by atoms with van der Waals surface area (Å²) in [4.78, 5) is 23.0. The second-order valence-corrected chi connectivity index (χ2v) is 5.30. The molecule has 140 valence electrons. The van der Waals surface area contributed by atoms with Crippen molar-refractivity contribution >= 4 is 11.9 Å². The summed E-state index contributed by atoms with van der Waals surface area (Å²) in [5.41, 5.74) is -4.20. The first-order valence-electron chi connectivity index (χ1n) is 7.19. The highest BCUT2D eigenvalue weighted by Crippen LogP contribution is 2.36. The normalized spacial score (nSPS) is 13.4. The minimum absolute atomic E-state index is 0.00264. The largest absolute Gasteiger partial charge is 0.480 e. The fraction of sp³-hybridized carbons (Fsp3) is 0.467. The molecule has 0 aliphatic rings. The van der Waals surface area contributed by atoms with Crippen LogP contribution in [0.5, 0.6) is 0 Å². The second-order valence-electron chi connectivity index (χ2n) is 5.30. The predicted molar refractivity (Wildman–Crippen MR) is 74.9 cm³/mol. The molecule has 0 aliphatic carbocycles. The van der Waals surface area contributed by atoms with Gasteiger partial charge in [-0.25, -0.2) is 4.79 Å². The summed E-state index contributed by atoms with van der Waals surface area (Å²) in [5, 5.41) is 10.9. The van der Waals surface area contributed by atoms with Crippen LogP contribution in [-0.2, 0) is 17.1 Å². The molecular formula is C15H15F6NO3. The Morgan fingerprint density at radius 2 is 1.52 bits per heavy atom. The van der Waals surface area contributed by atoms with E-state index in [2.05, 4.69) is 0 Å². The molecule has 0 saturated carbocycles. The summed E-state index contributed by atoms with van der Waals surface area (Å²) in [6.07, 6.45) is -9.17. The number of carboxylic acid groups (broad SMARTS) is 1. The van der Waals surface area contributed by atoms with E-state index in [1.807, 2.05) is 5.32 Å². The SMILES string of the molecule is CCCCC(NC(=O)c1cc(C(F)(F)F)cc(C(F)(F)F)c1)C(=O)O. The molecule has 0 aromatic heterocycles. The van der Waals surface area contributed by atoms with E-state index in [-0.39, 0.29) is 24.6 Å². The van der Waals surface area contributed by atoms with Crippen molar-refractivity contribution < 1.29 is 41.0 Å². The number of benzene rings is 1. The van der Waals surface area contributed by atoms with E-state index in [1.54, 1.807) is 6.92 Å². The fourth-order valence-electron chi connectivity index (χ4n) is 1.99. The van der Waals surface area contributed by atoms with Crippen molar-refractivity contribution in [3.63, 3.8) is 0 Å². The molecule has 2 N–H and O–H groups in total. The zero-order chi connectivity index (χ0) is 19.4. The summed E-state index contributed by atoms with van der Waals surface area (Å²) < 4.78 is 76.6. The number of aliphatic carboxylic acids is 1. The molecule has 0 aliphatic heterocycles. The molecule has 10 heteroatoms. The van der Waals surface area contributed by atoms with E-state index < -0.39 is 47.0 Å². The summed E-state index contributed by atoms with van der Waals surface area (Å²) in [6.45, 7) is 1.75. The Kier molecular flexibility index (Phi) is 6.44. The number of carboxylic acids is 1. The van der Waals surface area contributed by atoms with Gasteiger partial charge in [-0.15, -0.1) is 0 Å². The first-order chi connectivity index (χ1) is 11.4. The summed E-state index contributed by atoms with van der Waals surface area (Å²) in [6, 6.07) is -1.01. The number of nitrogens with one attached hydrogen (secondary N) is 1. The first kappa shape index (κ1) is 20.8. The van der Waals surface area contributed by atoms with Crippen molar-refractivity contribution in [3.05, 3.63) is 34.9 Å². The molecule has 0 radical (unpaired) electrons. The number of rotatable bonds is 6. The number of carbonyl (C=O) groups excluding carboxylic acids is 1. The summed E-state index contributed by atoms with van der Waals surface area (Å²) in [7, 11) is 0. The molecule has 0 heterocycles. The van der Waals surface area contributed by atoms with Gasteiger partial charge in [-0.3, -0.25) is 4.79 Å². The maximum atomic E-state index is 12.8. The molecule has 1 unspecified atom stereocenters. The van der Waals surface area contributed by atoms with Crippen LogP contribution in [0.2, 0.25) is 0 Å². The van der Waals surface area contributed by atoms with E-state index in [9.17, 15) is 35.9 Å². The lowest BCUT2D eigenvalue weighted by atomic mass is 10.0. The number of halogens is 6. The number of amides is 1. The average Bonchev–Trinajstić information content (AvgIpc) is 2.48. The van der Waals surface area contributed by atoms with Gasteiger partial charge in [0.25, 0.3) is 5.91 Å². The third kappa shape index (κ3) is 5.95. The monoisotopic (exact) mass is 371 g/mol. The molecule has 1 rings (SSSR count). The highest BCUT2D eigenvalue weighted by molar-refractivity contribution is 5.97. The third-order valence-corrected chi connectivity index (χ3v) is 3.30. The molecule has 25 heavy (non-hydrogen) atoms. The minimum atomic E-state index is -5.09. The van der Waals surface area contributed by atoms with Gasteiger partial charge in [-0.1, -0.05) is 19.8 Å². The molecule has 1 aromatic carbocycles. The number of carbonyl (C=O) groups is 2. The molecule has 1 atom stereocenters. The Morgan fingerprint density at radius 3 is 1.88 bits per heavy atom. The minimum Gasteiger partial charge on any atom is -0.480 e. The quantitative estimate of drug-likeness (QED) is 0.740. The Balaban J connectivity index is 3.21. The topological polar surface area (TPSA) is 66.4 Å². The number of unbranched alkanes of at least 4 members (excludes halogenated alkanes) is 1. The fourth-order valence-corrected chi connectivity index (χ4v) is 1.99. The van der Waals surface area contributed by atoms with Crippen molar-refractivity contribution in [2.75, 3.05) is 0 Å². The Bertz CT molecular complexity index is 607. The highest BCUT2D eigenvalue weighted by Gasteiger charge is 2.37. The van der Waals surface area contributed by atoms with Crippen molar-refractivity contribution in [1.29, 1.82) is 0 Å². The number of hydrogen-bond acceptors (Lipinski definition) is 2. The van der Waals surface area contributed by atoms with E-state index in [0.717, 1.165) is 0 Å². The number of alkyl halides is 6. The van der Waals surface area contributed by atoms with Gasteiger partial charge < -0.3 is 10.4 Å². The third-order valence-electron chi connectivity index (χ3n) is 3.30. The van der Waals surface area contributed by atoms with Gasteiger partial charge >= 0.3 is 18.3 Å². The molecule has 0 bridgehead atoms. The first-order valence-corrected chi connectivity index (χ1v) is 7.19. The lowest BCUT2D eigenvalue weighted by Gasteiger charge is -2.17. The van der Waals surface area contributed by atoms with Crippen molar-refractivity contribution in [2.45, 2.75) is 44.6 Å². The molecule has 1 amide bonds. The maximum Gasteiger partial charge on any atom is 0.416 e. The maximum absolute atomic E-state index is 12.8. The summed E-state index contributed by atoms with van der Waals surface area (Å²) >= 11 is 0. The van der Waals surface area contributed by atoms with Crippen LogP contribution in [0, 0.1) is 0 Å². The Labute approximate surface area is 138 Å². The van der Waals surface area contributed by atoms with Gasteiger partial charge in [0.15, 0.2) is 0 Å². The molecule has 0 fully saturated rings. The van der Waals surface area contributed by atoms with Crippen LogP contribution in [0.15, 0.2) is 18.2 Å². The van der Waals surface area contributed by atoms with Crippen LogP contribution in [0.3, 0.4) is 0 Å². The lowest BCUT2D eigenvalue weighted by molar-refractivity contribution is -0.143. The van der Waals surface area contributed by atoms with Gasteiger partial charge in [0.2, 0.25) is 0 Å². The average molecular weight is 371 g/mol. The van der Waals surface area contributed by atoms with Crippen molar-refractivity contribution in [1.82, 2.24) is 5.32 Å². The van der Waals surface area contributed by atoms with E-state index in [4.69, 9.17) is 5.11 Å². The molecule has 4 nitrogen and oxygen atoms in total. The van der Waals surface area contributed by atoms with Gasteiger partial charge in [0.1, 0.15) is 6.04 Å². The van der Waals surface area contributed by atoms with Crippen LogP contribution < -0.4 is 5.32 Å². The van der Waals surface area contributed by atoms with Crippen LogP contribution >= 0.6 is 0 Å². The summed E-state index contributed by atoms with van der Waals surface area (Å²) in [5.74, 6) is -2.75. The highest BCUT2D eigenvalue weighted by atomic mass is 19.4. The lowest BCUT2D eigenvalue weighted by Crippen LogP contribution is -2.40. The Morgan fingerprint density at radius 1 is 1.04 bits per heavy atom. The zero-order valence-electron chi connectivity index (χ0n) is 13.0. The van der Waals surface area contributed by atoms with E-state index in [0.29, 0.717) is 12.8 Å².